The molecule has 2 amide bonds. The summed E-state index contributed by atoms with van der Waals surface area (Å²) in [6, 6.07) is 6.56. The molecule has 6 heteroatoms. The van der Waals surface area contributed by atoms with E-state index in [0.29, 0.717) is 18.0 Å². The first-order valence-electron chi connectivity index (χ1n) is 5.67. The van der Waals surface area contributed by atoms with Gasteiger partial charge in [0.05, 0.1) is 12.2 Å². The van der Waals surface area contributed by atoms with Crippen LogP contribution < -0.4 is 15.0 Å². The Hall–Kier alpha value is -2.24. The number of aliphatic carboxylic acids is 1. The number of amides is 2. The standard InChI is InChI=1S/C12H14N2O4/c1-2-13-12(17)14-7-10(11(15)16)18-9-6-4-3-5-8(9)14/h3-6,10H,2,7H2,1H3,(H,13,17)(H,15,16). The molecule has 6 nitrogen and oxygen atoms in total. The van der Waals surface area contributed by atoms with E-state index in [0.717, 1.165) is 0 Å². The molecule has 0 radical (unpaired) electrons. The summed E-state index contributed by atoms with van der Waals surface area (Å²) in [4.78, 5) is 24.3. The number of nitrogens with zero attached hydrogens (tertiary/aromatic N) is 1. The summed E-state index contributed by atoms with van der Waals surface area (Å²) in [6.45, 7) is 2.28. The highest BCUT2D eigenvalue weighted by Crippen LogP contribution is 2.33. The molecule has 0 aromatic heterocycles. The number of hydrogen-bond acceptors (Lipinski definition) is 3. The monoisotopic (exact) mass is 250 g/mol. The number of benzene rings is 1. The minimum absolute atomic E-state index is 0.00181. The fraction of sp³-hybridized carbons (Fsp3) is 0.333. The number of carboxylic acid groups (broad SMARTS) is 1. The molecule has 1 atom stereocenters. The summed E-state index contributed by atoms with van der Waals surface area (Å²) in [5.41, 5.74) is 0.584. The number of anilines is 1. The lowest BCUT2D eigenvalue weighted by Gasteiger charge is -2.32. The third-order valence-electron chi connectivity index (χ3n) is 2.62. The summed E-state index contributed by atoms with van der Waals surface area (Å²) in [6.07, 6.45) is -1.04. The van der Waals surface area contributed by atoms with Crippen molar-refractivity contribution in [1.82, 2.24) is 5.32 Å². The number of carbonyl (C=O) groups is 2. The maximum Gasteiger partial charge on any atom is 0.346 e. The van der Waals surface area contributed by atoms with E-state index in [1.807, 2.05) is 0 Å². The van der Waals surface area contributed by atoms with Gasteiger partial charge in [-0.25, -0.2) is 9.59 Å². The van der Waals surface area contributed by atoms with Crippen LogP contribution in [0.3, 0.4) is 0 Å². The van der Waals surface area contributed by atoms with Crippen LogP contribution in [0.15, 0.2) is 24.3 Å². The van der Waals surface area contributed by atoms with E-state index < -0.39 is 12.1 Å². The fourth-order valence-corrected chi connectivity index (χ4v) is 1.80. The van der Waals surface area contributed by atoms with E-state index >= 15 is 0 Å². The molecule has 2 N–H and O–H groups in total. The highest BCUT2D eigenvalue weighted by molar-refractivity contribution is 5.95. The first-order chi connectivity index (χ1) is 8.63. The van der Waals surface area contributed by atoms with Gasteiger partial charge in [-0.1, -0.05) is 12.1 Å². The molecular weight excluding hydrogens is 236 g/mol. The molecule has 1 aliphatic rings. The third-order valence-corrected chi connectivity index (χ3v) is 2.62. The Morgan fingerprint density at radius 1 is 1.50 bits per heavy atom. The van der Waals surface area contributed by atoms with Crippen molar-refractivity contribution in [3.63, 3.8) is 0 Å². The highest BCUT2D eigenvalue weighted by Gasteiger charge is 2.33. The number of rotatable bonds is 2. The average Bonchev–Trinajstić information content (AvgIpc) is 2.37. The topological polar surface area (TPSA) is 78.9 Å². The molecular formula is C12H14N2O4. The van der Waals surface area contributed by atoms with Gasteiger partial charge in [-0.2, -0.15) is 0 Å². The molecule has 1 aromatic carbocycles. The summed E-state index contributed by atoms with van der Waals surface area (Å²) in [7, 11) is 0. The molecule has 0 bridgehead atoms. The largest absolute Gasteiger partial charge is 0.478 e. The molecule has 0 fully saturated rings. The van der Waals surface area contributed by atoms with Crippen LogP contribution in [0.5, 0.6) is 5.75 Å². The Morgan fingerprint density at radius 3 is 2.89 bits per heavy atom. The molecule has 1 aliphatic heterocycles. The maximum absolute atomic E-state index is 11.9. The van der Waals surface area contributed by atoms with Crippen LogP contribution in [-0.2, 0) is 4.79 Å². The van der Waals surface area contributed by atoms with Crippen molar-refractivity contribution < 1.29 is 19.4 Å². The minimum Gasteiger partial charge on any atom is -0.478 e. The van der Waals surface area contributed by atoms with Crippen LogP contribution in [0, 0.1) is 0 Å². The number of para-hydroxylation sites is 2. The number of fused-ring (bicyclic) bond motifs is 1. The van der Waals surface area contributed by atoms with Gasteiger partial charge >= 0.3 is 12.0 Å². The van der Waals surface area contributed by atoms with Crippen molar-refractivity contribution in [2.45, 2.75) is 13.0 Å². The van der Waals surface area contributed by atoms with Gasteiger partial charge in [0.15, 0.2) is 0 Å². The zero-order valence-corrected chi connectivity index (χ0v) is 9.92. The quantitative estimate of drug-likeness (QED) is 0.822. The average molecular weight is 250 g/mol. The van der Waals surface area contributed by atoms with E-state index in [1.165, 1.54) is 4.90 Å². The Kier molecular flexibility index (Phi) is 3.36. The summed E-state index contributed by atoms with van der Waals surface area (Å²) < 4.78 is 5.33. The first-order valence-corrected chi connectivity index (χ1v) is 5.67. The lowest BCUT2D eigenvalue weighted by atomic mass is 10.2. The van der Waals surface area contributed by atoms with E-state index in [-0.39, 0.29) is 12.6 Å². The van der Waals surface area contributed by atoms with Gasteiger partial charge in [-0.15, -0.1) is 0 Å². The van der Waals surface area contributed by atoms with E-state index in [4.69, 9.17) is 9.84 Å². The number of ether oxygens (including phenoxy) is 1. The second-order valence-electron chi connectivity index (χ2n) is 3.86. The normalized spacial score (nSPS) is 17.6. The maximum atomic E-state index is 11.9. The summed E-state index contributed by atoms with van der Waals surface area (Å²) >= 11 is 0. The van der Waals surface area contributed by atoms with Crippen LogP contribution in [0.25, 0.3) is 0 Å². The van der Waals surface area contributed by atoms with E-state index in [1.54, 1.807) is 31.2 Å². The van der Waals surface area contributed by atoms with Crippen LogP contribution in [0.2, 0.25) is 0 Å². The van der Waals surface area contributed by atoms with Crippen molar-refractivity contribution in [1.29, 1.82) is 0 Å². The lowest BCUT2D eigenvalue weighted by molar-refractivity contribution is -0.144. The predicted octanol–water partition coefficient (Wildman–Crippen LogP) is 1.07. The molecule has 2 rings (SSSR count). The second kappa shape index (κ2) is 4.95. The van der Waals surface area contributed by atoms with Crippen molar-refractivity contribution in [2.75, 3.05) is 18.0 Å². The SMILES string of the molecule is CCNC(=O)N1CC(C(=O)O)Oc2ccccc21. The van der Waals surface area contributed by atoms with Crippen molar-refractivity contribution in [3.05, 3.63) is 24.3 Å². The van der Waals surface area contributed by atoms with E-state index in [2.05, 4.69) is 5.32 Å². The number of carboxylic acids is 1. The lowest BCUT2D eigenvalue weighted by Crippen LogP contribution is -2.50. The molecule has 0 saturated heterocycles. The molecule has 1 aromatic rings. The second-order valence-corrected chi connectivity index (χ2v) is 3.86. The van der Waals surface area contributed by atoms with Gasteiger partial charge in [0.1, 0.15) is 5.75 Å². The smallest absolute Gasteiger partial charge is 0.346 e. The molecule has 0 aliphatic carbocycles. The van der Waals surface area contributed by atoms with E-state index in [9.17, 15) is 9.59 Å². The van der Waals surface area contributed by atoms with Crippen LogP contribution >= 0.6 is 0 Å². The Balaban J connectivity index is 2.33. The van der Waals surface area contributed by atoms with Crippen LogP contribution in [0.1, 0.15) is 6.92 Å². The Morgan fingerprint density at radius 2 is 2.22 bits per heavy atom. The zero-order valence-electron chi connectivity index (χ0n) is 9.92. The zero-order chi connectivity index (χ0) is 13.1. The van der Waals surface area contributed by atoms with Crippen LogP contribution in [-0.4, -0.2) is 36.3 Å². The van der Waals surface area contributed by atoms with Gasteiger partial charge in [0, 0.05) is 6.54 Å². The third kappa shape index (κ3) is 2.22. The van der Waals surface area contributed by atoms with Gasteiger partial charge in [0.2, 0.25) is 6.10 Å². The van der Waals surface area contributed by atoms with Gasteiger partial charge < -0.3 is 15.2 Å². The molecule has 0 spiro atoms. The fourth-order valence-electron chi connectivity index (χ4n) is 1.80. The first kappa shape index (κ1) is 12.2. The Labute approximate surface area is 104 Å². The minimum atomic E-state index is -1.08. The molecule has 96 valence electrons. The highest BCUT2D eigenvalue weighted by atomic mass is 16.5. The Bertz CT molecular complexity index is 475. The number of nitrogens with one attached hydrogen (secondary N) is 1. The summed E-state index contributed by atoms with van der Waals surface area (Å²) in [5, 5.41) is 11.7. The van der Waals surface area contributed by atoms with Gasteiger partial charge in [0.25, 0.3) is 0 Å². The van der Waals surface area contributed by atoms with Crippen LogP contribution in [0.4, 0.5) is 10.5 Å². The number of urea groups is 1. The number of carbonyl (C=O) groups excluding carboxylic acids is 1. The van der Waals surface area contributed by atoms with Crippen molar-refractivity contribution in [3.8, 4) is 5.75 Å². The number of hydrogen-bond donors (Lipinski definition) is 2. The van der Waals surface area contributed by atoms with Crippen molar-refractivity contribution >= 4 is 17.7 Å². The summed E-state index contributed by atoms with van der Waals surface area (Å²) in [5.74, 6) is -0.679. The molecule has 18 heavy (non-hydrogen) atoms. The molecule has 0 saturated carbocycles. The van der Waals surface area contributed by atoms with Gasteiger partial charge in [-0.3, -0.25) is 4.90 Å². The van der Waals surface area contributed by atoms with Gasteiger partial charge in [-0.05, 0) is 19.1 Å². The molecule has 1 unspecified atom stereocenters. The molecule has 1 heterocycles. The van der Waals surface area contributed by atoms with Crippen molar-refractivity contribution in [2.24, 2.45) is 0 Å². The predicted molar refractivity (Wildman–Crippen MR) is 64.9 cm³/mol.